The van der Waals surface area contributed by atoms with Gasteiger partial charge in [0.1, 0.15) is 6.61 Å². The van der Waals surface area contributed by atoms with Crippen molar-refractivity contribution in [3.8, 4) is 0 Å². The van der Waals surface area contributed by atoms with E-state index >= 15 is 0 Å². The average molecular weight is 282 g/mol. The van der Waals surface area contributed by atoms with Crippen LogP contribution in [-0.2, 0) is 9.47 Å². The Balaban J connectivity index is 1.77. The van der Waals surface area contributed by atoms with Crippen molar-refractivity contribution >= 4 is 0 Å². The standard InChI is InChI=1S/C13H21F3O3/c14-13(15,16)9-18-8-11(17)10-3-6-19-12(7-10)4-1-2-5-12/h10-11,17H,1-9H2. The Kier molecular flexibility index (Phi) is 4.74. The first kappa shape index (κ1) is 15.1. The third-order valence-corrected chi connectivity index (χ3v) is 4.14. The van der Waals surface area contributed by atoms with Crippen molar-refractivity contribution < 1.29 is 27.8 Å². The molecular formula is C13H21F3O3. The van der Waals surface area contributed by atoms with Gasteiger partial charge in [-0.1, -0.05) is 12.8 Å². The number of ether oxygens (including phenoxy) is 2. The number of rotatable bonds is 4. The Morgan fingerprint density at radius 2 is 2.00 bits per heavy atom. The molecule has 0 amide bonds. The second-order valence-electron chi connectivity index (χ2n) is 5.69. The fraction of sp³-hybridized carbons (Fsp3) is 1.00. The van der Waals surface area contributed by atoms with Crippen LogP contribution in [0.2, 0.25) is 0 Å². The van der Waals surface area contributed by atoms with Crippen molar-refractivity contribution in [2.45, 2.75) is 56.4 Å². The Labute approximate surface area is 111 Å². The van der Waals surface area contributed by atoms with Crippen LogP contribution in [0.4, 0.5) is 13.2 Å². The number of aliphatic hydroxyl groups is 1. The average Bonchev–Trinajstić information content (AvgIpc) is 2.75. The second-order valence-corrected chi connectivity index (χ2v) is 5.69. The van der Waals surface area contributed by atoms with Gasteiger partial charge in [0.2, 0.25) is 0 Å². The normalized spacial score (nSPS) is 28.7. The van der Waals surface area contributed by atoms with E-state index < -0.39 is 18.9 Å². The summed E-state index contributed by atoms with van der Waals surface area (Å²) in [5, 5.41) is 9.97. The predicted molar refractivity (Wildman–Crippen MR) is 62.8 cm³/mol. The van der Waals surface area contributed by atoms with Crippen LogP contribution >= 0.6 is 0 Å². The molecule has 2 unspecified atom stereocenters. The zero-order valence-electron chi connectivity index (χ0n) is 10.9. The van der Waals surface area contributed by atoms with E-state index in [4.69, 9.17) is 4.74 Å². The molecule has 1 aliphatic heterocycles. The first-order valence-electron chi connectivity index (χ1n) is 6.87. The molecule has 1 heterocycles. The Morgan fingerprint density at radius 1 is 1.32 bits per heavy atom. The first-order chi connectivity index (χ1) is 8.90. The minimum absolute atomic E-state index is 0.0138. The lowest BCUT2D eigenvalue weighted by Gasteiger charge is -2.40. The summed E-state index contributed by atoms with van der Waals surface area (Å²) >= 11 is 0. The fourth-order valence-corrected chi connectivity index (χ4v) is 3.19. The molecule has 2 fully saturated rings. The molecule has 112 valence electrons. The van der Waals surface area contributed by atoms with Gasteiger partial charge in [-0.05, 0) is 31.6 Å². The second kappa shape index (κ2) is 5.97. The van der Waals surface area contributed by atoms with E-state index in [1.807, 2.05) is 0 Å². The first-order valence-corrected chi connectivity index (χ1v) is 6.87. The smallest absolute Gasteiger partial charge is 0.390 e. The quantitative estimate of drug-likeness (QED) is 0.861. The van der Waals surface area contributed by atoms with E-state index in [0.29, 0.717) is 13.0 Å². The van der Waals surface area contributed by atoms with E-state index in [1.165, 1.54) is 0 Å². The third kappa shape index (κ3) is 4.33. The van der Waals surface area contributed by atoms with Crippen LogP contribution in [-0.4, -0.2) is 42.8 Å². The van der Waals surface area contributed by atoms with Crippen molar-refractivity contribution in [3.63, 3.8) is 0 Å². The van der Waals surface area contributed by atoms with Gasteiger partial charge in [0.15, 0.2) is 0 Å². The minimum Gasteiger partial charge on any atom is -0.390 e. The summed E-state index contributed by atoms with van der Waals surface area (Å²) in [5.74, 6) is -0.0138. The molecule has 3 nitrogen and oxygen atoms in total. The van der Waals surface area contributed by atoms with Crippen LogP contribution in [0.25, 0.3) is 0 Å². The predicted octanol–water partition coefficient (Wildman–Crippen LogP) is 2.67. The molecule has 2 rings (SSSR count). The summed E-state index contributed by atoms with van der Waals surface area (Å²) in [6.45, 7) is -0.959. The minimum atomic E-state index is -4.33. The molecule has 1 N–H and O–H groups in total. The topological polar surface area (TPSA) is 38.7 Å². The molecule has 1 saturated carbocycles. The molecular weight excluding hydrogens is 261 g/mol. The highest BCUT2D eigenvalue weighted by Crippen LogP contribution is 2.42. The summed E-state index contributed by atoms with van der Waals surface area (Å²) in [4.78, 5) is 0. The van der Waals surface area contributed by atoms with Gasteiger partial charge in [0.05, 0.1) is 18.3 Å². The van der Waals surface area contributed by atoms with Crippen molar-refractivity contribution in [1.82, 2.24) is 0 Å². The Hall–Kier alpha value is -0.330. The van der Waals surface area contributed by atoms with Crippen molar-refractivity contribution in [1.29, 1.82) is 0 Å². The molecule has 0 bridgehead atoms. The summed E-state index contributed by atoms with van der Waals surface area (Å²) in [5.41, 5.74) is -0.131. The fourth-order valence-electron chi connectivity index (χ4n) is 3.19. The van der Waals surface area contributed by atoms with Crippen molar-refractivity contribution in [2.24, 2.45) is 5.92 Å². The van der Waals surface area contributed by atoms with Gasteiger partial charge >= 0.3 is 6.18 Å². The molecule has 0 aromatic carbocycles. The summed E-state index contributed by atoms with van der Waals surface area (Å²) in [6.07, 6.45) is 0.535. The number of alkyl halides is 3. The molecule has 1 aliphatic carbocycles. The third-order valence-electron chi connectivity index (χ3n) is 4.14. The van der Waals surface area contributed by atoms with Gasteiger partial charge in [-0.15, -0.1) is 0 Å². The van der Waals surface area contributed by atoms with Gasteiger partial charge in [0, 0.05) is 6.61 Å². The highest BCUT2D eigenvalue weighted by atomic mass is 19.4. The molecule has 2 atom stereocenters. The number of hydrogen-bond donors (Lipinski definition) is 1. The Morgan fingerprint density at radius 3 is 2.63 bits per heavy atom. The Bertz CT molecular complexity index is 287. The molecule has 1 saturated heterocycles. The summed E-state index contributed by atoms with van der Waals surface area (Å²) in [7, 11) is 0. The van der Waals surface area contributed by atoms with Crippen LogP contribution in [0.15, 0.2) is 0 Å². The van der Waals surface area contributed by atoms with Crippen LogP contribution in [0.3, 0.4) is 0 Å². The molecule has 1 spiro atoms. The maximum Gasteiger partial charge on any atom is 0.411 e. The molecule has 0 radical (unpaired) electrons. The van der Waals surface area contributed by atoms with E-state index in [2.05, 4.69) is 4.74 Å². The summed E-state index contributed by atoms with van der Waals surface area (Å²) in [6, 6.07) is 0. The lowest BCUT2D eigenvalue weighted by Crippen LogP contribution is -2.42. The zero-order valence-corrected chi connectivity index (χ0v) is 10.9. The molecule has 19 heavy (non-hydrogen) atoms. The van der Waals surface area contributed by atoms with Crippen molar-refractivity contribution in [2.75, 3.05) is 19.8 Å². The molecule has 0 aromatic heterocycles. The van der Waals surface area contributed by atoms with Gasteiger partial charge in [-0.3, -0.25) is 0 Å². The van der Waals surface area contributed by atoms with Crippen LogP contribution < -0.4 is 0 Å². The lowest BCUT2D eigenvalue weighted by molar-refractivity contribution is -0.184. The lowest BCUT2D eigenvalue weighted by atomic mass is 9.82. The van der Waals surface area contributed by atoms with Gasteiger partial charge in [0.25, 0.3) is 0 Å². The van der Waals surface area contributed by atoms with E-state index in [0.717, 1.165) is 32.1 Å². The highest BCUT2D eigenvalue weighted by Gasteiger charge is 2.41. The molecule has 6 heteroatoms. The van der Waals surface area contributed by atoms with Crippen LogP contribution in [0.5, 0.6) is 0 Å². The SMILES string of the molecule is OC(COCC(F)(F)F)C1CCOC2(CCCC2)C1. The van der Waals surface area contributed by atoms with E-state index in [1.54, 1.807) is 0 Å². The van der Waals surface area contributed by atoms with Gasteiger partial charge in [-0.2, -0.15) is 13.2 Å². The van der Waals surface area contributed by atoms with Gasteiger partial charge in [-0.25, -0.2) is 0 Å². The summed E-state index contributed by atoms with van der Waals surface area (Å²) < 4.78 is 46.3. The van der Waals surface area contributed by atoms with E-state index in [9.17, 15) is 18.3 Å². The van der Waals surface area contributed by atoms with Crippen molar-refractivity contribution in [3.05, 3.63) is 0 Å². The highest BCUT2D eigenvalue weighted by molar-refractivity contribution is 4.92. The largest absolute Gasteiger partial charge is 0.411 e. The van der Waals surface area contributed by atoms with E-state index in [-0.39, 0.29) is 18.1 Å². The van der Waals surface area contributed by atoms with Gasteiger partial charge < -0.3 is 14.6 Å². The zero-order chi connectivity index (χ0) is 13.9. The molecule has 0 aromatic rings. The number of halogens is 3. The monoisotopic (exact) mass is 282 g/mol. The maximum absolute atomic E-state index is 12.0. The number of aliphatic hydroxyl groups excluding tert-OH is 1. The maximum atomic E-state index is 12.0. The number of hydrogen-bond acceptors (Lipinski definition) is 3. The van der Waals surface area contributed by atoms with Crippen LogP contribution in [0.1, 0.15) is 38.5 Å². The molecule has 2 aliphatic rings. The van der Waals surface area contributed by atoms with Crippen LogP contribution in [0, 0.1) is 5.92 Å².